The summed E-state index contributed by atoms with van der Waals surface area (Å²) in [5.41, 5.74) is 3.38. The second kappa shape index (κ2) is 8.27. The van der Waals surface area contributed by atoms with Crippen molar-refractivity contribution < 1.29 is 14.4 Å². The number of aromatic nitrogens is 2. The van der Waals surface area contributed by atoms with E-state index < -0.39 is 5.92 Å². The standard InChI is InChI=1S/C25H26N4O3/c1-15-8-19(24-27-13-18(12-26)14-28-24)9-16(2)22(15)23-20(31)10-25(11-21(23)32)4-6-29(7-5-25)17(3)30/h8-9,13-14,23H,4-7,10-11H2,1-3H3. The van der Waals surface area contributed by atoms with Gasteiger partial charge in [0, 0.05) is 50.8 Å². The number of benzene rings is 1. The summed E-state index contributed by atoms with van der Waals surface area (Å²) in [7, 11) is 0. The Balaban J connectivity index is 1.59. The summed E-state index contributed by atoms with van der Waals surface area (Å²) < 4.78 is 0. The first-order chi connectivity index (χ1) is 15.2. The van der Waals surface area contributed by atoms with E-state index in [4.69, 9.17) is 5.26 Å². The molecule has 0 N–H and O–H groups in total. The Bertz CT molecular complexity index is 1100. The maximum Gasteiger partial charge on any atom is 0.219 e. The van der Waals surface area contributed by atoms with E-state index in [0.29, 0.717) is 50.2 Å². The van der Waals surface area contributed by atoms with E-state index in [1.54, 1.807) is 11.8 Å². The van der Waals surface area contributed by atoms with Crippen molar-refractivity contribution in [1.29, 1.82) is 5.26 Å². The minimum atomic E-state index is -0.734. The molecule has 7 heteroatoms. The maximum atomic E-state index is 13.3. The lowest BCUT2D eigenvalue weighted by Crippen LogP contribution is -2.48. The second-order valence-electron chi connectivity index (χ2n) is 9.16. The number of carbonyl (C=O) groups is 3. The van der Waals surface area contributed by atoms with Crippen LogP contribution in [-0.2, 0) is 14.4 Å². The van der Waals surface area contributed by atoms with Gasteiger partial charge in [-0.2, -0.15) is 5.26 Å². The number of carbonyl (C=O) groups excluding carboxylic acids is 3. The van der Waals surface area contributed by atoms with Gasteiger partial charge in [0.05, 0.1) is 5.56 Å². The predicted octanol–water partition coefficient (Wildman–Crippen LogP) is 3.28. The zero-order valence-electron chi connectivity index (χ0n) is 18.6. The predicted molar refractivity (Wildman–Crippen MR) is 118 cm³/mol. The molecule has 4 rings (SSSR count). The lowest BCUT2D eigenvalue weighted by atomic mass is 9.62. The number of piperidine rings is 1. The van der Waals surface area contributed by atoms with Gasteiger partial charge >= 0.3 is 0 Å². The number of hydrogen-bond donors (Lipinski definition) is 0. The van der Waals surface area contributed by atoms with E-state index in [2.05, 4.69) is 9.97 Å². The topological polar surface area (TPSA) is 104 Å². The molecule has 0 atom stereocenters. The molecule has 1 spiro atoms. The molecule has 0 radical (unpaired) electrons. The fourth-order valence-corrected chi connectivity index (χ4v) is 5.25. The Labute approximate surface area is 187 Å². The molecule has 2 heterocycles. The van der Waals surface area contributed by atoms with Crippen LogP contribution in [0.4, 0.5) is 0 Å². The third kappa shape index (κ3) is 3.93. The number of ketones is 2. The number of aryl methyl sites for hydroxylation is 2. The van der Waals surface area contributed by atoms with Gasteiger partial charge < -0.3 is 4.90 Å². The Morgan fingerprint density at radius 3 is 2.06 bits per heavy atom. The van der Waals surface area contributed by atoms with Gasteiger partial charge in [0.2, 0.25) is 5.91 Å². The Morgan fingerprint density at radius 2 is 1.59 bits per heavy atom. The van der Waals surface area contributed by atoms with Crippen LogP contribution in [0.15, 0.2) is 24.5 Å². The molecule has 32 heavy (non-hydrogen) atoms. The zero-order chi connectivity index (χ0) is 23.0. The van der Waals surface area contributed by atoms with Crippen molar-refractivity contribution >= 4 is 17.5 Å². The normalized spacial score (nSPS) is 18.6. The van der Waals surface area contributed by atoms with Crippen molar-refractivity contribution in [2.24, 2.45) is 5.41 Å². The second-order valence-corrected chi connectivity index (χ2v) is 9.16. The van der Waals surface area contributed by atoms with Gasteiger partial charge in [-0.15, -0.1) is 0 Å². The van der Waals surface area contributed by atoms with E-state index in [9.17, 15) is 14.4 Å². The van der Waals surface area contributed by atoms with Crippen LogP contribution < -0.4 is 0 Å². The van der Waals surface area contributed by atoms with Crippen LogP contribution in [0.2, 0.25) is 0 Å². The van der Waals surface area contributed by atoms with Gasteiger partial charge in [0.25, 0.3) is 0 Å². The first kappa shape index (κ1) is 21.8. The van der Waals surface area contributed by atoms with E-state index in [1.165, 1.54) is 12.4 Å². The molecule has 0 bridgehead atoms. The molecule has 2 fully saturated rings. The Morgan fingerprint density at radius 1 is 1.06 bits per heavy atom. The van der Waals surface area contributed by atoms with Crippen LogP contribution in [0, 0.1) is 30.6 Å². The minimum Gasteiger partial charge on any atom is -0.343 e. The molecule has 1 aromatic heterocycles. The fraction of sp³-hybridized carbons (Fsp3) is 0.440. The molecule has 2 aliphatic rings. The molecule has 1 aromatic carbocycles. The van der Waals surface area contributed by atoms with Crippen molar-refractivity contribution in [3.8, 4) is 17.5 Å². The van der Waals surface area contributed by atoms with Gasteiger partial charge in [-0.3, -0.25) is 14.4 Å². The van der Waals surface area contributed by atoms with Crippen LogP contribution in [0.25, 0.3) is 11.4 Å². The van der Waals surface area contributed by atoms with Gasteiger partial charge in [-0.25, -0.2) is 9.97 Å². The van der Waals surface area contributed by atoms with Crippen LogP contribution in [-0.4, -0.2) is 45.4 Å². The number of nitrogens with zero attached hydrogens (tertiary/aromatic N) is 4. The average Bonchev–Trinajstić information content (AvgIpc) is 2.75. The number of nitriles is 1. The van der Waals surface area contributed by atoms with E-state index >= 15 is 0 Å². The van der Waals surface area contributed by atoms with Gasteiger partial charge in [0.1, 0.15) is 23.6 Å². The molecule has 164 valence electrons. The van der Waals surface area contributed by atoms with E-state index in [1.807, 2.05) is 32.0 Å². The number of rotatable bonds is 2. The number of likely N-dealkylation sites (tertiary alicyclic amines) is 1. The molecular weight excluding hydrogens is 404 g/mol. The summed E-state index contributed by atoms with van der Waals surface area (Å²) in [6, 6.07) is 5.81. The highest BCUT2D eigenvalue weighted by molar-refractivity contribution is 6.10. The van der Waals surface area contributed by atoms with E-state index in [0.717, 1.165) is 22.3 Å². The molecule has 1 saturated heterocycles. The zero-order valence-corrected chi connectivity index (χ0v) is 18.6. The van der Waals surface area contributed by atoms with E-state index in [-0.39, 0.29) is 22.9 Å². The average molecular weight is 431 g/mol. The third-order valence-corrected chi connectivity index (χ3v) is 6.93. The highest BCUT2D eigenvalue weighted by Crippen LogP contribution is 2.46. The Hall–Kier alpha value is -3.40. The van der Waals surface area contributed by atoms with Crippen LogP contribution >= 0.6 is 0 Å². The van der Waals surface area contributed by atoms with Crippen molar-refractivity contribution in [1.82, 2.24) is 14.9 Å². The minimum absolute atomic E-state index is 0.0221. The molecule has 0 unspecified atom stereocenters. The van der Waals surface area contributed by atoms with Gasteiger partial charge in [-0.05, 0) is 60.9 Å². The lowest BCUT2D eigenvalue weighted by Gasteiger charge is -2.44. The summed E-state index contributed by atoms with van der Waals surface area (Å²) in [6.45, 7) is 6.59. The molecule has 1 amide bonds. The van der Waals surface area contributed by atoms with Crippen LogP contribution in [0.5, 0.6) is 0 Å². The maximum absolute atomic E-state index is 13.3. The SMILES string of the molecule is CC(=O)N1CCC2(CC1)CC(=O)C(c1c(C)cc(-c3ncc(C#N)cn3)cc1C)C(=O)C2. The first-order valence-electron chi connectivity index (χ1n) is 10.9. The summed E-state index contributed by atoms with van der Waals surface area (Å²) in [4.78, 5) is 48.5. The van der Waals surface area contributed by atoms with Crippen LogP contribution in [0.3, 0.4) is 0 Å². The first-order valence-corrected chi connectivity index (χ1v) is 10.9. The molecular formula is C25H26N4O3. The lowest BCUT2D eigenvalue weighted by molar-refractivity contribution is -0.139. The summed E-state index contributed by atoms with van der Waals surface area (Å²) in [5.74, 6) is -0.234. The monoisotopic (exact) mass is 430 g/mol. The van der Waals surface area contributed by atoms with Gasteiger partial charge in [0.15, 0.2) is 5.82 Å². The smallest absolute Gasteiger partial charge is 0.219 e. The number of hydrogen-bond acceptors (Lipinski definition) is 6. The van der Waals surface area contributed by atoms with Crippen molar-refractivity contribution in [3.05, 3.63) is 46.8 Å². The molecule has 1 aliphatic heterocycles. The highest BCUT2D eigenvalue weighted by Gasteiger charge is 2.47. The fourth-order valence-electron chi connectivity index (χ4n) is 5.25. The molecule has 7 nitrogen and oxygen atoms in total. The number of amides is 1. The quantitative estimate of drug-likeness (QED) is 0.677. The summed E-state index contributed by atoms with van der Waals surface area (Å²) in [5, 5.41) is 8.94. The third-order valence-electron chi connectivity index (χ3n) is 6.93. The molecule has 2 aromatic rings. The van der Waals surface area contributed by atoms with Crippen LogP contribution in [0.1, 0.15) is 60.8 Å². The molecule has 1 aliphatic carbocycles. The molecule has 1 saturated carbocycles. The van der Waals surface area contributed by atoms with Crippen molar-refractivity contribution in [3.63, 3.8) is 0 Å². The van der Waals surface area contributed by atoms with Crippen molar-refractivity contribution in [2.75, 3.05) is 13.1 Å². The number of Topliss-reactive ketones (excluding diaryl/α,β-unsaturated/α-hetero) is 2. The Kier molecular flexibility index (Phi) is 5.64. The summed E-state index contributed by atoms with van der Waals surface area (Å²) >= 11 is 0. The summed E-state index contributed by atoms with van der Waals surface area (Å²) in [6.07, 6.45) is 5.12. The highest BCUT2D eigenvalue weighted by atomic mass is 16.2. The van der Waals surface area contributed by atoms with Gasteiger partial charge in [-0.1, -0.05) is 0 Å². The van der Waals surface area contributed by atoms with Crippen molar-refractivity contribution in [2.45, 2.75) is 52.4 Å². The largest absolute Gasteiger partial charge is 0.343 e.